The average Bonchev–Trinajstić information content (AvgIpc) is 3.15. The van der Waals surface area contributed by atoms with Gasteiger partial charge in [-0.2, -0.15) is 0 Å². The summed E-state index contributed by atoms with van der Waals surface area (Å²) in [5.41, 5.74) is 3.42. The van der Waals surface area contributed by atoms with Gasteiger partial charge in [-0.25, -0.2) is 0 Å². The Balaban J connectivity index is 1.56. The Bertz CT molecular complexity index is 1310. The molecule has 0 fully saturated rings. The first-order valence-electron chi connectivity index (χ1n) is 10.5. The van der Waals surface area contributed by atoms with Crippen LogP contribution < -0.4 is 20.1 Å². The van der Waals surface area contributed by atoms with Crippen molar-refractivity contribution in [2.24, 2.45) is 7.05 Å². The summed E-state index contributed by atoms with van der Waals surface area (Å²) >= 11 is 0. The molecule has 3 aromatic carbocycles. The van der Waals surface area contributed by atoms with Crippen molar-refractivity contribution < 1.29 is 19.1 Å². The van der Waals surface area contributed by atoms with Gasteiger partial charge in [-0.3, -0.25) is 9.59 Å². The molecule has 2 N–H and O–H groups in total. The number of amides is 2. The summed E-state index contributed by atoms with van der Waals surface area (Å²) in [6, 6.07) is 20.1. The van der Waals surface area contributed by atoms with E-state index in [2.05, 4.69) is 10.6 Å². The minimum absolute atomic E-state index is 0.187. The van der Waals surface area contributed by atoms with Gasteiger partial charge in [-0.15, -0.1) is 0 Å². The second kappa shape index (κ2) is 9.48. The van der Waals surface area contributed by atoms with E-state index in [-0.39, 0.29) is 18.2 Å². The van der Waals surface area contributed by atoms with Crippen molar-refractivity contribution in [2.75, 3.05) is 24.9 Å². The number of benzene rings is 3. The molecule has 0 spiro atoms. The lowest BCUT2D eigenvalue weighted by molar-refractivity contribution is -0.115. The molecular formula is C26H25N3O4. The highest BCUT2D eigenvalue weighted by Gasteiger charge is 2.17. The smallest absolute Gasteiger partial charge is 0.255 e. The van der Waals surface area contributed by atoms with Crippen molar-refractivity contribution in [1.82, 2.24) is 4.57 Å². The van der Waals surface area contributed by atoms with Crippen LogP contribution in [0.15, 0.2) is 72.9 Å². The monoisotopic (exact) mass is 443 g/mol. The van der Waals surface area contributed by atoms with E-state index in [1.165, 1.54) is 14.2 Å². The fraction of sp³-hybridized carbons (Fsp3) is 0.154. The number of rotatable bonds is 7. The van der Waals surface area contributed by atoms with Gasteiger partial charge in [0.05, 0.1) is 32.0 Å². The number of aromatic nitrogens is 1. The summed E-state index contributed by atoms with van der Waals surface area (Å²) in [5.74, 6) is 0.349. The second-order valence-electron chi connectivity index (χ2n) is 7.58. The van der Waals surface area contributed by atoms with Gasteiger partial charge in [-0.05, 0) is 23.8 Å². The lowest BCUT2D eigenvalue weighted by Gasteiger charge is -2.16. The molecule has 0 aliphatic carbocycles. The summed E-state index contributed by atoms with van der Waals surface area (Å²) in [6.45, 7) is 0. The molecule has 0 saturated heterocycles. The Kier molecular flexibility index (Phi) is 6.31. The summed E-state index contributed by atoms with van der Waals surface area (Å²) in [5, 5.41) is 6.78. The van der Waals surface area contributed by atoms with Gasteiger partial charge < -0.3 is 24.7 Å². The molecule has 0 aliphatic rings. The Morgan fingerprint density at radius 2 is 1.45 bits per heavy atom. The Labute approximate surface area is 191 Å². The molecule has 0 atom stereocenters. The number of anilines is 2. The second-order valence-corrected chi connectivity index (χ2v) is 7.58. The van der Waals surface area contributed by atoms with Crippen LogP contribution in [0.2, 0.25) is 0 Å². The van der Waals surface area contributed by atoms with Gasteiger partial charge in [0.25, 0.3) is 5.91 Å². The van der Waals surface area contributed by atoms with E-state index in [1.54, 1.807) is 36.4 Å². The first-order chi connectivity index (χ1) is 16.0. The number of methoxy groups -OCH3 is 2. The van der Waals surface area contributed by atoms with Crippen molar-refractivity contribution >= 4 is 34.1 Å². The van der Waals surface area contributed by atoms with Crippen LogP contribution in [-0.2, 0) is 18.3 Å². The molecule has 4 rings (SSSR count). The fourth-order valence-electron chi connectivity index (χ4n) is 3.81. The van der Waals surface area contributed by atoms with Crippen LogP contribution in [0.4, 0.5) is 11.4 Å². The molecule has 1 heterocycles. The minimum atomic E-state index is -0.274. The lowest BCUT2D eigenvalue weighted by atomic mass is 10.1. The maximum atomic E-state index is 12.9. The molecule has 0 saturated carbocycles. The van der Waals surface area contributed by atoms with Gasteiger partial charge in [0.15, 0.2) is 0 Å². The van der Waals surface area contributed by atoms with Crippen LogP contribution in [-0.4, -0.2) is 30.6 Å². The molecule has 33 heavy (non-hydrogen) atoms. The predicted octanol–water partition coefficient (Wildman–Crippen LogP) is 4.63. The highest BCUT2D eigenvalue weighted by Crippen LogP contribution is 2.37. The summed E-state index contributed by atoms with van der Waals surface area (Å²) in [7, 11) is 4.97. The molecule has 0 bridgehead atoms. The number of hydrogen-bond donors (Lipinski definition) is 2. The first kappa shape index (κ1) is 22.0. The number of para-hydroxylation sites is 1. The number of aryl methyl sites for hydroxylation is 1. The molecule has 2 amide bonds. The van der Waals surface area contributed by atoms with Crippen LogP contribution >= 0.6 is 0 Å². The van der Waals surface area contributed by atoms with Crippen LogP contribution in [0.5, 0.6) is 11.5 Å². The number of carbonyl (C=O) groups is 2. The third-order valence-corrected chi connectivity index (χ3v) is 5.41. The van der Waals surface area contributed by atoms with Gasteiger partial charge in [0.2, 0.25) is 5.91 Å². The quantitative estimate of drug-likeness (QED) is 0.436. The van der Waals surface area contributed by atoms with Crippen molar-refractivity contribution in [3.8, 4) is 11.5 Å². The number of carbonyl (C=O) groups excluding carboxylic acids is 2. The number of nitrogens with zero attached hydrogens (tertiary/aromatic N) is 1. The van der Waals surface area contributed by atoms with Crippen LogP contribution in [0, 0.1) is 0 Å². The van der Waals surface area contributed by atoms with Gasteiger partial charge in [-0.1, -0.05) is 36.4 Å². The van der Waals surface area contributed by atoms with Crippen molar-refractivity contribution in [1.29, 1.82) is 0 Å². The zero-order chi connectivity index (χ0) is 23.4. The Morgan fingerprint density at radius 1 is 0.848 bits per heavy atom. The van der Waals surface area contributed by atoms with Crippen LogP contribution in [0.3, 0.4) is 0 Å². The molecule has 0 aliphatic heterocycles. The SMILES string of the molecule is COc1cc(NC(=O)c2ccccc2)c(OC)cc1NC(=O)Cc1cn(C)c2ccccc12. The lowest BCUT2D eigenvalue weighted by Crippen LogP contribution is -2.16. The average molecular weight is 444 g/mol. The number of nitrogens with one attached hydrogen (secondary N) is 2. The highest BCUT2D eigenvalue weighted by atomic mass is 16.5. The topological polar surface area (TPSA) is 81.6 Å². The molecule has 7 nitrogen and oxygen atoms in total. The molecule has 4 aromatic rings. The summed E-state index contributed by atoms with van der Waals surface area (Å²) in [4.78, 5) is 25.4. The van der Waals surface area contributed by atoms with E-state index < -0.39 is 0 Å². The van der Waals surface area contributed by atoms with Gasteiger partial charge in [0, 0.05) is 41.8 Å². The van der Waals surface area contributed by atoms with Crippen LogP contribution in [0.25, 0.3) is 10.9 Å². The number of fused-ring (bicyclic) bond motifs is 1. The van der Waals surface area contributed by atoms with E-state index >= 15 is 0 Å². The van der Waals surface area contributed by atoms with E-state index in [0.717, 1.165) is 16.5 Å². The Hall–Kier alpha value is -4.26. The molecule has 0 radical (unpaired) electrons. The molecule has 1 aromatic heterocycles. The van der Waals surface area contributed by atoms with Crippen molar-refractivity contribution in [3.05, 3.63) is 84.1 Å². The molecular weight excluding hydrogens is 418 g/mol. The van der Waals surface area contributed by atoms with Crippen molar-refractivity contribution in [2.45, 2.75) is 6.42 Å². The van der Waals surface area contributed by atoms with E-state index in [1.807, 2.05) is 48.1 Å². The van der Waals surface area contributed by atoms with Crippen LogP contribution in [0.1, 0.15) is 15.9 Å². The Morgan fingerprint density at radius 3 is 2.12 bits per heavy atom. The molecule has 168 valence electrons. The first-order valence-corrected chi connectivity index (χ1v) is 10.5. The molecule has 0 unspecified atom stereocenters. The van der Waals surface area contributed by atoms with E-state index in [9.17, 15) is 9.59 Å². The summed E-state index contributed by atoms with van der Waals surface area (Å²) in [6.07, 6.45) is 2.17. The minimum Gasteiger partial charge on any atom is -0.494 e. The zero-order valence-corrected chi connectivity index (χ0v) is 18.7. The standard InChI is InChI=1S/C26H25N3O4/c1-29-16-18(19-11-7-8-12-22(19)29)13-25(30)27-20-14-24(33-3)21(15-23(20)32-2)28-26(31)17-9-5-4-6-10-17/h4-12,14-16H,13H2,1-3H3,(H,27,30)(H,28,31). The molecule has 7 heteroatoms. The third-order valence-electron chi connectivity index (χ3n) is 5.41. The predicted molar refractivity (Wildman–Crippen MR) is 129 cm³/mol. The number of hydrogen-bond acceptors (Lipinski definition) is 4. The zero-order valence-electron chi connectivity index (χ0n) is 18.7. The third kappa shape index (κ3) is 4.67. The van der Waals surface area contributed by atoms with E-state index in [0.29, 0.717) is 28.4 Å². The van der Waals surface area contributed by atoms with Gasteiger partial charge >= 0.3 is 0 Å². The summed E-state index contributed by atoms with van der Waals surface area (Å²) < 4.78 is 12.9. The van der Waals surface area contributed by atoms with E-state index in [4.69, 9.17) is 9.47 Å². The highest BCUT2D eigenvalue weighted by molar-refractivity contribution is 6.05. The largest absolute Gasteiger partial charge is 0.494 e. The fourth-order valence-corrected chi connectivity index (χ4v) is 3.81. The van der Waals surface area contributed by atoms with Gasteiger partial charge in [0.1, 0.15) is 11.5 Å². The number of ether oxygens (including phenoxy) is 2. The maximum absolute atomic E-state index is 12.9. The normalized spacial score (nSPS) is 10.6. The van der Waals surface area contributed by atoms with Crippen molar-refractivity contribution in [3.63, 3.8) is 0 Å². The maximum Gasteiger partial charge on any atom is 0.255 e.